The average Bonchev–Trinajstić information content (AvgIpc) is 2.76. The molecule has 1 saturated carbocycles. The van der Waals surface area contributed by atoms with E-state index in [0.29, 0.717) is 6.42 Å². The van der Waals surface area contributed by atoms with Crippen LogP contribution in [0.2, 0.25) is 0 Å². The lowest BCUT2D eigenvalue weighted by molar-refractivity contribution is -0.0692. The van der Waals surface area contributed by atoms with Crippen molar-refractivity contribution in [3.8, 4) is 0 Å². The third kappa shape index (κ3) is 2.38. The number of hydrogen-bond acceptors (Lipinski definition) is 4. The summed E-state index contributed by atoms with van der Waals surface area (Å²) in [5.41, 5.74) is 0.0302. The van der Waals surface area contributed by atoms with Crippen molar-refractivity contribution in [2.24, 2.45) is 0 Å². The van der Waals surface area contributed by atoms with E-state index in [-0.39, 0.29) is 0 Å². The second kappa shape index (κ2) is 4.20. The number of aromatic nitrogens is 1. The van der Waals surface area contributed by atoms with Gasteiger partial charge in [0.1, 0.15) is 0 Å². The van der Waals surface area contributed by atoms with Crippen molar-refractivity contribution in [3.05, 3.63) is 16.1 Å². The van der Waals surface area contributed by atoms with Crippen LogP contribution in [0, 0.1) is 6.92 Å². The second-order valence-electron chi connectivity index (χ2n) is 4.39. The summed E-state index contributed by atoms with van der Waals surface area (Å²) >= 11 is 1.58. The standard InChI is InChI=1S/C11H17NO2S/c1-8-12-9(7-15-8)6-10(13)11(14)4-2-3-5-11/h7,10,13-14H,2-6H2,1H3. The molecular weight excluding hydrogens is 210 g/mol. The van der Waals surface area contributed by atoms with Gasteiger partial charge in [0.25, 0.3) is 0 Å². The van der Waals surface area contributed by atoms with Gasteiger partial charge in [-0.05, 0) is 19.8 Å². The minimum Gasteiger partial charge on any atom is -0.390 e. The lowest BCUT2D eigenvalue weighted by atomic mass is 9.92. The van der Waals surface area contributed by atoms with Crippen LogP contribution in [0.3, 0.4) is 0 Å². The van der Waals surface area contributed by atoms with E-state index >= 15 is 0 Å². The second-order valence-corrected chi connectivity index (χ2v) is 5.45. The molecule has 84 valence electrons. The Balaban J connectivity index is 1.99. The molecule has 0 aromatic carbocycles. The molecule has 1 aromatic heterocycles. The van der Waals surface area contributed by atoms with E-state index < -0.39 is 11.7 Å². The minimum atomic E-state index is -0.864. The van der Waals surface area contributed by atoms with E-state index in [1.807, 2.05) is 12.3 Å². The molecule has 0 amide bonds. The maximum absolute atomic E-state index is 10.2. The highest BCUT2D eigenvalue weighted by molar-refractivity contribution is 7.09. The van der Waals surface area contributed by atoms with Gasteiger partial charge in [-0.2, -0.15) is 0 Å². The van der Waals surface area contributed by atoms with E-state index in [0.717, 1.165) is 36.4 Å². The van der Waals surface area contributed by atoms with Gasteiger partial charge in [0.15, 0.2) is 0 Å². The topological polar surface area (TPSA) is 53.4 Å². The molecule has 4 heteroatoms. The predicted molar refractivity (Wildman–Crippen MR) is 60.0 cm³/mol. The van der Waals surface area contributed by atoms with Crippen molar-refractivity contribution in [2.45, 2.75) is 50.7 Å². The molecule has 1 aromatic rings. The number of aliphatic hydroxyl groups excluding tert-OH is 1. The van der Waals surface area contributed by atoms with Gasteiger partial charge in [0.05, 0.1) is 22.4 Å². The Labute approximate surface area is 93.8 Å². The number of aliphatic hydroxyl groups is 2. The Morgan fingerprint density at radius 1 is 1.53 bits per heavy atom. The first kappa shape index (κ1) is 11.0. The SMILES string of the molecule is Cc1nc(CC(O)C2(O)CCCC2)cs1. The fraction of sp³-hybridized carbons (Fsp3) is 0.727. The van der Waals surface area contributed by atoms with Crippen LogP contribution >= 0.6 is 11.3 Å². The maximum Gasteiger partial charge on any atom is 0.0909 e. The number of hydrogen-bond donors (Lipinski definition) is 2. The molecule has 0 saturated heterocycles. The monoisotopic (exact) mass is 227 g/mol. The molecule has 0 aliphatic heterocycles. The predicted octanol–water partition coefficient (Wildman–Crippen LogP) is 1.66. The quantitative estimate of drug-likeness (QED) is 0.825. The first-order valence-corrected chi connectivity index (χ1v) is 6.29. The highest BCUT2D eigenvalue weighted by Crippen LogP contribution is 2.33. The van der Waals surface area contributed by atoms with Crippen molar-refractivity contribution >= 4 is 11.3 Å². The molecule has 1 atom stereocenters. The van der Waals surface area contributed by atoms with Crippen molar-refractivity contribution in [2.75, 3.05) is 0 Å². The molecule has 15 heavy (non-hydrogen) atoms. The third-order valence-corrected chi connectivity index (χ3v) is 3.98. The summed E-state index contributed by atoms with van der Waals surface area (Å²) in [5.74, 6) is 0. The van der Waals surface area contributed by atoms with Crippen LogP contribution in [-0.4, -0.2) is 26.9 Å². The van der Waals surface area contributed by atoms with E-state index in [1.54, 1.807) is 11.3 Å². The average molecular weight is 227 g/mol. The first-order chi connectivity index (χ1) is 7.10. The summed E-state index contributed by atoms with van der Waals surface area (Å²) in [6.45, 7) is 1.95. The summed E-state index contributed by atoms with van der Waals surface area (Å²) in [5, 5.41) is 23.1. The normalized spacial score (nSPS) is 21.8. The summed E-state index contributed by atoms with van der Waals surface area (Å²) < 4.78 is 0. The number of rotatable bonds is 3. The van der Waals surface area contributed by atoms with E-state index in [2.05, 4.69) is 4.98 Å². The minimum absolute atomic E-state index is 0.473. The van der Waals surface area contributed by atoms with Gasteiger partial charge >= 0.3 is 0 Å². The van der Waals surface area contributed by atoms with Crippen LogP contribution in [0.4, 0.5) is 0 Å². The highest BCUT2D eigenvalue weighted by Gasteiger charge is 2.38. The van der Waals surface area contributed by atoms with Crippen molar-refractivity contribution in [3.63, 3.8) is 0 Å². The van der Waals surface area contributed by atoms with Crippen LogP contribution in [0.1, 0.15) is 36.4 Å². The molecule has 1 heterocycles. The molecule has 2 N–H and O–H groups in total. The molecule has 0 radical (unpaired) electrons. The molecule has 1 aliphatic carbocycles. The molecular formula is C11H17NO2S. The van der Waals surface area contributed by atoms with Crippen LogP contribution < -0.4 is 0 Å². The van der Waals surface area contributed by atoms with E-state index in [4.69, 9.17) is 0 Å². The third-order valence-electron chi connectivity index (χ3n) is 3.16. The zero-order chi connectivity index (χ0) is 10.9. The maximum atomic E-state index is 10.2. The van der Waals surface area contributed by atoms with Gasteiger partial charge in [-0.1, -0.05) is 12.8 Å². The van der Waals surface area contributed by atoms with Crippen LogP contribution in [0.5, 0.6) is 0 Å². The lowest BCUT2D eigenvalue weighted by Gasteiger charge is -2.27. The molecule has 3 nitrogen and oxygen atoms in total. The smallest absolute Gasteiger partial charge is 0.0909 e. The zero-order valence-electron chi connectivity index (χ0n) is 8.94. The molecule has 1 aliphatic rings. The Kier molecular flexibility index (Phi) is 3.09. The van der Waals surface area contributed by atoms with Gasteiger partial charge in [-0.15, -0.1) is 11.3 Å². The van der Waals surface area contributed by atoms with Crippen LogP contribution in [0.15, 0.2) is 5.38 Å². The fourth-order valence-corrected chi connectivity index (χ4v) is 2.84. The lowest BCUT2D eigenvalue weighted by Crippen LogP contribution is -2.40. The van der Waals surface area contributed by atoms with Gasteiger partial charge in [-0.25, -0.2) is 4.98 Å². The molecule has 1 fully saturated rings. The molecule has 0 bridgehead atoms. The van der Waals surface area contributed by atoms with Gasteiger partial charge in [-0.3, -0.25) is 0 Å². The van der Waals surface area contributed by atoms with E-state index in [1.165, 1.54) is 0 Å². The van der Waals surface area contributed by atoms with Crippen molar-refractivity contribution in [1.82, 2.24) is 4.98 Å². The summed E-state index contributed by atoms with van der Waals surface area (Å²) in [7, 11) is 0. The number of thiazole rings is 1. The first-order valence-electron chi connectivity index (χ1n) is 5.42. The largest absolute Gasteiger partial charge is 0.390 e. The Bertz CT molecular complexity index is 331. The van der Waals surface area contributed by atoms with Gasteiger partial charge < -0.3 is 10.2 Å². The Morgan fingerprint density at radius 2 is 2.20 bits per heavy atom. The fourth-order valence-electron chi connectivity index (χ4n) is 2.21. The van der Waals surface area contributed by atoms with Gasteiger partial charge in [0.2, 0.25) is 0 Å². The molecule has 2 rings (SSSR count). The Hall–Kier alpha value is -0.450. The number of aryl methyl sites for hydroxylation is 1. The number of nitrogens with zero attached hydrogens (tertiary/aromatic N) is 1. The van der Waals surface area contributed by atoms with Crippen LogP contribution in [-0.2, 0) is 6.42 Å². The summed E-state index contributed by atoms with van der Waals surface area (Å²) in [4.78, 5) is 4.30. The molecule has 0 spiro atoms. The molecule has 1 unspecified atom stereocenters. The summed E-state index contributed by atoms with van der Waals surface area (Å²) in [6, 6.07) is 0. The summed E-state index contributed by atoms with van der Waals surface area (Å²) in [6.07, 6.45) is 3.28. The van der Waals surface area contributed by atoms with Crippen molar-refractivity contribution in [1.29, 1.82) is 0 Å². The zero-order valence-corrected chi connectivity index (χ0v) is 9.76. The Morgan fingerprint density at radius 3 is 2.73 bits per heavy atom. The van der Waals surface area contributed by atoms with E-state index in [9.17, 15) is 10.2 Å². The van der Waals surface area contributed by atoms with Crippen LogP contribution in [0.25, 0.3) is 0 Å². The van der Waals surface area contributed by atoms with Gasteiger partial charge in [0, 0.05) is 11.8 Å². The van der Waals surface area contributed by atoms with Crippen molar-refractivity contribution < 1.29 is 10.2 Å². The highest BCUT2D eigenvalue weighted by atomic mass is 32.1.